The van der Waals surface area contributed by atoms with Gasteiger partial charge in [-0.3, -0.25) is 0 Å². The summed E-state index contributed by atoms with van der Waals surface area (Å²) in [5.74, 6) is 0.528. The first-order valence-electron chi connectivity index (χ1n) is 6.84. The average Bonchev–Trinajstić information content (AvgIpc) is 2.99. The Morgan fingerprint density at radius 3 is 3.20 bits per heavy atom. The molecular weight excluding hydrogens is 258 g/mol. The molecule has 0 unspecified atom stereocenters. The minimum absolute atomic E-state index is 0.00768. The van der Waals surface area contributed by atoms with Crippen molar-refractivity contribution in [3.05, 3.63) is 23.9 Å². The number of nitrogens with one attached hydrogen (secondary N) is 2. The molecule has 1 aromatic rings. The second-order valence-corrected chi connectivity index (χ2v) is 4.84. The Bertz CT molecular complexity index is 447. The van der Waals surface area contributed by atoms with Crippen LogP contribution < -0.4 is 15.4 Å². The molecule has 0 spiro atoms. The fourth-order valence-electron chi connectivity index (χ4n) is 2.27. The molecular formula is C14H21N3O3. The molecule has 1 aliphatic heterocycles. The molecule has 0 saturated carbocycles. The number of aromatic nitrogens is 1. The summed E-state index contributed by atoms with van der Waals surface area (Å²) in [5.41, 5.74) is 0.843. The monoisotopic (exact) mass is 279 g/mol. The van der Waals surface area contributed by atoms with Gasteiger partial charge in [-0.15, -0.1) is 0 Å². The van der Waals surface area contributed by atoms with E-state index in [2.05, 4.69) is 15.6 Å². The van der Waals surface area contributed by atoms with Crippen LogP contribution in [0, 0.1) is 0 Å². The molecule has 2 N–H and O–H groups in total. The van der Waals surface area contributed by atoms with Crippen LogP contribution in [-0.4, -0.2) is 36.9 Å². The first-order chi connectivity index (χ1) is 9.70. The van der Waals surface area contributed by atoms with Gasteiger partial charge in [0.15, 0.2) is 0 Å². The lowest BCUT2D eigenvalue weighted by molar-refractivity contribution is 0.0860. The number of rotatable bonds is 5. The van der Waals surface area contributed by atoms with Crippen molar-refractivity contribution < 1.29 is 14.3 Å². The van der Waals surface area contributed by atoms with Crippen LogP contribution >= 0.6 is 0 Å². The standard InChI is InChI=1S/C14H21N3O3/c1-10(12-6-4-8-20-12)17-14(18)16-9-11-5-3-7-15-13(11)19-2/h3,5,7,10,12H,4,6,8-9H2,1-2H3,(H2,16,17,18)/t10-,12+/m0/s1. The van der Waals surface area contributed by atoms with Gasteiger partial charge in [0, 0.05) is 24.9 Å². The van der Waals surface area contributed by atoms with E-state index in [9.17, 15) is 4.79 Å². The van der Waals surface area contributed by atoms with Crippen molar-refractivity contribution in [1.29, 1.82) is 0 Å². The summed E-state index contributed by atoms with van der Waals surface area (Å²) < 4.78 is 10.7. The molecule has 2 atom stereocenters. The van der Waals surface area contributed by atoms with E-state index in [1.807, 2.05) is 19.1 Å². The number of carbonyl (C=O) groups excluding carboxylic acids is 1. The quantitative estimate of drug-likeness (QED) is 0.856. The molecule has 6 heteroatoms. The van der Waals surface area contributed by atoms with Gasteiger partial charge < -0.3 is 20.1 Å². The Morgan fingerprint density at radius 1 is 1.65 bits per heavy atom. The minimum atomic E-state index is -0.209. The van der Waals surface area contributed by atoms with E-state index in [1.54, 1.807) is 13.3 Å². The lowest BCUT2D eigenvalue weighted by Crippen LogP contribution is -2.45. The maximum atomic E-state index is 11.8. The maximum Gasteiger partial charge on any atom is 0.315 e. The Labute approximate surface area is 118 Å². The third-order valence-corrected chi connectivity index (χ3v) is 3.36. The fraction of sp³-hybridized carbons (Fsp3) is 0.571. The van der Waals surface area contributed by atoms with Crippen LogP contribution in [0.2, 0.25) is 0 Å². The summed E-state index contributed by atoms with van der Waals surface area (Å²) in [5, 5.41) is 5.70. The number of amides is 2. The number of nitrogens with zero attached hydrogens (tertiary/aromatic N) is 1. The summed E-state index contributed by atoms with van der Waals surface area (Å²) in [4.78, 5) is 15.9. The largest absolute Gasteiger partial charge is 0.481 e. The third-order valence-electron chi connectivity index (χ3n) is 3.36. The number of hydrogen-bond donors (Lipinski definition) is 2. The van der Waals surface area contributed by atoms with E-state index in [1.165, 1.54) is 0 Å². The molecule has 0 aromatic carbocycles. The predicted molar refractivity (Wildman–Crippen MR) is 74.6 cm³/mol. The normalized spacial score (nSPS) is 19.4. The molecule has 1 saturated heterocycles. The summed E-state index contributed by atoms with van der Waals surface area (Å²) in [6.45, 7) is 3.12. The Morgan fingerprint density at radius 2 is 2.50 bits per heavy atom. The van der Waals surface area contributed by atoms with Crippen molar-refractivity contribution >= 4 is 6.03 Å². The second kappa shape index (κ2) is 7.09. The van der Waals surface area contributed by atoms with Crippen molar-refractivity contribution in [3.63, 3.8) is 0 Å². The highest BCUT2D eigenvalue weighted by atomic mass is 16.5. The number of hydrogen-bond acceptors (Lipinski definition) is 4. The summed E-state index contributed by atoms with van der Waals surface area (Å²) in [6, 6.07) is 3.48. The average molecular weight is 279 g/mol. The van der Waals surface area contributed by atoms with Crippen LogP contribution in [0.4, 0.5) is 4.79 Å². The zero-order valence-corrected chi connectivity index (χ0v) is 11.9. The highest BCUT2D eigenvalue weighted by molar-refractivity contribution is 5.74. The number of ether oxygens (including phenoxy) is 2. The molecule has 20 heavy (non-hydrogen) atoms. The van der Waals surface area contributed by atoms with E-state index >= 15 is 0 Å². The SMILES string of the molecule is COc1ncccc1CNC(=O)N[C@@H](C)[C@H]1CCCO1. The van der Waals surface area contributed by atoms with Gasteiger partial charge in [0.25, 0.3) is 0 Å². The topological polar surface area (TPSA) is 72.5 Å². The molecule has 1 aliphatic rings. The molecule has 2 heterocycles. The Kier molecular flexibility index (Phi) is 5.17. The molecule has 110 valence electrons. The molecule has 0 aliphatic carbocycles. The van der Waals surface area contributed by atoms with Gasteiger partial charge in [-0.1, -0.05) is 6.07 Å². The van der Waals surface area contributed by atoms with Crippen LogP contribution in [0.1, 0.15) is 25.3 Å². The van der Waals surface area contributed by atoms with Crippen LogP contribution in [-0.2, 0) is 11.3 Å². The zero-order chi connectivity index (χ0) is 14.4. The lowest BCUT2D eigenvalue weighted by atomic mass is 10.1. The Balaban J connectivity index is 1.79. The van der Waals surface area contributed by atoms with Gasteiger partial charge in [0.1, 0.15) is 0 Å². The molecule has 0 radical (unpaired) electrons. The maximum absolute atomic E-state index is 11.8. The first-order valence-corrected chi connectivity index (χ1v) is 6.84. The molecule has 1 fully saturated rings. The van der Waals surface area contributed by atoms with Gasteiger partial charge in [-0.05, 0) is 25.8 Å². The van der Waals surface area contributed by atoms with E-state index in [0.29, 0.717) is 12.4 Å². The highest BCUT2D eigenvalue weighted by Crippen LogP contribution is 2.15. The lowest BCUT2D eigenvalue weighted by Gasteiger charge is -2.20. The minimum Gasteiger partial charge on any atom is -0.481 e. The third kappa shape index (κ3) is 3.84. The summed E-state index contributed by atoms with van der Waals surface area (Å²) >= 11 is 0. The first kappa shape index (κ1) is 14.6. The second-order valence-electron chi connectivity index (χ2n) is 4.84. The van der Waals surface area contributed by atoms with E-state index in [0.717, 1.165) is 25.0 Å². The van der Waals surface area contributed by atoms with Crippen molar-refractivity contribution in [3.8, 4) is 5.88 Å². The van der Waals surface area contributed by atoms with Crippen LogP contribution in [0.3, 0.4) is 0 Å². The van der Waals surface area contributed by atoms with Crippen molar-refractivity contribution in [2.24, 2.45) is 0 Å². The van der Waals surface area contributed by atoms with E-state index in [-0.39, 0.29) is 18.2 Å². The molecule has 0 bridgehead atoms. The van der Waals surface area contributed by atoms with Gasteiger partial charge in [-0.2, -0.15) is 0 Å². The predicted octanol–water partition coefficient (Wildman–Crippen LogP) is 1.46. The summed E-state index contributed by atoms with van der Waals surface area (Å²) in [6.07, 6.45) is 3.83. The molecule has 2 rings (SSSR count). The fourth-order valence-corrected chi connectivity index (χ4v) is 2.27. The van der Waals surface area contributed by atoms with E-state index in [4.69, 9.17) is 9.47 Å². The summed E-state index contributed by atoms with van der Waals surface area (Å²) in [7, 11) is 1.56. The highest BCUT2D eigenvalue weighted by Gasteiger charge is 2.23. The number of pyridine rings is 1. The molecule has 1 aromatic heterocycles. The van der Waals surface area contributed by atoms with Gasteiger partial charge in [-0.25, -0.2) is 9.78 Å². The number of methoxy groups -OCH3 is 1. The van der Waals surface area contributed by atoms with E-state index < -0.39 is 0 Å². The van der Waals surface area contributed by atoms with Gasteiger partial charge in [0.2, 0.25) is 5.88 Å². The Hall–Kier alpha value is -1.82. The number of carbonyl (C=O) groups is 1. The van der Waals surface area contributed by atoms with Gasteiger partial charge in [0.05, 0.1) is 19.3 Å². The van der Waals surface area contributed by atoms with Crippen molar-refractivity contribution in [1.82, 2.24) is 15.6 Å². The number of urea groups is 1. The van der Waals surface area contributed by atoms with Gasteiger partial charge >= 0.3 is 6.03 Å². The molecule has 2 amide bonds. The van der Waals surface area contributed by atoms with Crippen LogP contribution in [0.15, 0.2) is 18.3 Å². The van der Waals surface area contributed by atoms with Crippen molar-refractivity contribution in [2.45, 2.75) is 38.5 Å². The zero-order valence-electron chi connectivity index (χ0n) is 11.9. The van der Waals surface area contributed by atoms with Crippen LogP contribution in [0.5, 0.6) is 5.88 Å². The van der Waals surface area contributed by atoms with Crippen LogP contribution in [0.25, 0.3) is 0 Å². The molecule has 6 nitrogen and oxygen atoms in total. The smallest absolute Gasteiger partial charge is 0.315 e. The van der Waals surface area contributed by atoms with Crippen molar-refractivity contribution in [2.75, 3.05) is 13.7 Å².